The molecule has 15 heavy (non-hydrogen) atoms. The number of hydrogen-bond acceptors (Lipinski definition) is 4. The van der Waals surface area contributed by atoms with Gasteiger partial charge >= 0.3 is 11.9 Å². The van der Waals surface area contributed by atoms with E-state index in [-0.39, 0.29) is 12.1 Å². The van der Waals surface area contributed by atoms with Gasteiger partial charge in [0.15, 0.2) is 0 Å². The van der Waals surface area contributed by atoms with Crippen molar-refractivity contribution in [2.75, 3.05) is 0 Å². The Morgan fingerprint density at radius 3 is 2.60 bits per heavy atom. The van der Waals surface area contributed by atoms with Gasteiger partial charge in [-0.15, -0.1) is 0 Å². The number of rotatable bonds is 3. The average Bonchev–Trinajstić information content (AvgIpc) is 2.17. The van der Waals surface area contributed by atoms with Gasteiger partial charge in [0, 0.05) is 6.42 Å². The Bertz CT molecular complexity index is 369. The maximum atomic E-state index is 10.7. The summed E-state index contributed by atoms with van der Waals surface area (Å²) >= 11 is 0. The van der Waals surface area contributed by atoms with Gasteiger partial charge in [-0.05, 0) is 17.7 Å². The fourth-order valence-electron chi connectivity index (χ4n) is 1.24. The molecule has 1 aliphatic heterocycles. The lowest BCUT2D eigenvalue weighted by Crippen LogP contribution is -2.41. The molecule has 0 aliphatic carbocycles. The molecule has 3 N–H and O–H groups in total. The standard InChI is InChI=1S/C9H9NO5/c11-2-1-5-3-6(8(12)13)10-7(4-5)9(14)15/h1-3,7,10H,4H2,(H,12,13)(H,14,15)/b5-1-. The zero-order valence-corrected chi connectivity index (χ0v) is 7.64. The van der Waals surface area contributed by atoms with Crippen molar-refractivity contribution >= 4 is 18.2 Å². The van der Waals surface area contributed by atoms with Gasteiger partial charge in [-0.25, -0.2) is 9.59 Å². The third-order valence-electron chi connectivity index (χ3n) is 1.91. The highest BCUT2D eigenvalue weighted by Gasteiger charge is 2.26. The second-order valence-corrected chi connectivity index (χ2v) is 2.98. The van der Waals surface area contributed by atoms with E-state index in [9.17, 15) is 14.4 Å². The molecule has 1 atom stereocenters. The summed E-state index contributed by atoms with van der Waals surface area (Å²) in [6, 6.07) is -1.01. The molecule has 1 heterocycles. The van der Waals surface area contributed by atoms with Crippen LogP contribution in [0.3, 0.4) is 0 Å². The molecule has 6 nitrogen and oxygen atoms in total. The Hall–Kier alpha value is -2.11. The molecule has 0 aromatic rings. The smallest absolute Gasteiger partial charge is 0.351 e. The molecule has 0 saturated heterocycles. The Balaban J connectivity index is 2.99. The molecule has 0 bridgehead atoms. The summed E-state index contributed by atoms with van der Waals surface area (Å²) in [6.45, 7) is 0. The zero-order valence-electron chi connectivity index (χ0n) is 7.64. The topological polar surface area (TPSA) is 104 Å². The summed E-state index contributed by atoms with van der Waals surface area (Å²) in [5.41, 5.74) is 0.162. The molecule has 1 aliphatic rings. The van der Waals surface area contributed by atoms with Crippen LogP contribution in [-0.4, -0.2) is 34.5 Å². The van der Waals surface area contributed by atoms with Gasteiger partial charge in [0.2, 0.25) is 0 Å². The quantitative estimate of drug-likeness (QED) is 0.430. The molecular weight excluding hydrogens is 202 g/mol. The molecule has 0 radical (unpaired) electrons. The van der Waals surface area contributed by atoms with Gasteiger partial charge in [0.1, 0.15) is 18.0 Å². The summed E-state index contributed by atoms with van der Waals surface area (Å²) in [4.78, 5) is 31.5. The molecular formula is C9H9NO5. The van der Waals surface area contributed by atoms with E-state index in [1.54, 1.807) is 0 Å². The van der Waals surface area contributed by atoms with Crippen LogP contribution in [0.1, 0.15) is 6.42 Å². The third kappa shape index (κ3) is 2.67. The van der Waals surface area contributed by atoms with E-state index >= 15 is 0 Å². The van der Waals surface area contributed by atoms with Crippen LogP contribution < -0.4 is 5.32 Å². The maximum Gasteiger partial charge on any atom is 0.351 e. The lowest BCUT2D eigenvalue weighted by Gasteiger charge is -2.21. The second kappa shape index (κ2) is 4.41. The van der Waals surface area contributed by atoms with Crippen molar-refractivity contribution < 1.29 is 24.6 Å². The van der Waals surface area contributed by atoms with Crippen LogP contribution in [0.25, 0.3) is 0 Å². The molecule has 0 amide bonds. The summed E-state index contributed by atoms with van der Waals surface area (Å²) in [5, 5.41) is 19.8. The average molecular weight is 211 g/mol. The van der Waals surface area contributed by atoms with Gasteiger partial charge in [0.05, 0.1) is 0 Å². The number of hydrogen-bond donors (Lipinski definition) is 3. The van der Waals surface area contributed by atoms with E-state index in [1.165, 1.54) is 6.08 Å². The van der Waals surface area contributed by atoms with Crippen LogP contribution in [0, 0.1) is 0 Å². The Morgan fingerprint density at radius 2 is 2.13 bits per heavy atom. The number of aldehydes is 1. The predicted molar refractivity (Wildman–Crippen MR) is 49.0 cm³/mol. The lowest BCUT2D eigenvalue weighted by molar-refractivity contribution is -0.139. The Morgan fingerprint density at radius 1 is 1.47 bits per heavy atom. The van der Waals surface area contributed by atoms with Gasteiger partial charge in [-0.3, -0.25) is 4.79 Å². The highest BCUT2D eigenvalue weighted by molar-refractivity contribution is 5.89. The molecule has 0 aromatic heterocycles. The fraction of sp³-hybridized carbons (Fsp3) is 0.222. The highest BCUT2D eigenvalue weighted by atomic mass is 16.4. The van der Waals surface area contributed by atoms with Gasteiger partial charge in [-0.2, -0.15) is 0 Å². The van der Waals surface area contributed by atoms with Crippen molar-refractivity contribution in [1.82, 2.24) is 5.32 Å². The highest BCUT2D eigenvalue weighted by Crippen LogP contribution is 2.16. The first-order chi connectivity index (χ1) is 7.04. The van der Waals surface area contributed by atoms with E-state index in [0.29, 0.717) is 11.9 Å². The largest absolute Gasteiger partial charge is 0.480 e. The summed E-state index contributed by atoms with van der Waals surface area (Å²) in [7, 11) is 0. The van der Waals surface area contributed by atoms with Gasteiger partial charge in [0.25, 0.3) is 0 Å². The van der Waals surface area contributed by atoms with Crippen molar-refractivity contribution in [3.05, 3.63) is 23.4 Å². The van der Waals surface area contributed by atoms with Gasteiger partial charge in [-0.1, -0.05) is 0 Å². The number of carbonyl (C=O) groups is 3. The Labute approximate surface area is 84.9 Å². The lowest BCUT2D eigenvalue weighted by atomic mass is 10.0. The molecule has 1 unspecified atom stereocenters. The number of carboxylic acids is 2. The van der Waals surface area contributed by atoms with Crippen molar-refractivity contribution in [2.45, 2.75) is 12.5 Å². The minimum atomic E-state index is -1.25. The zero-order chi connectivity index (χ0) is 11.4. The summed E-state index contributed by atoms with van der Waals surface area (Å²) in [5.74, 6) is -2.41. The van der Waals surface area contributed by atoms with Crippen LogP contribution in [0.2, 0.25) is 0 Å². The number of carbonyl (C=O) groups excluding carboxylic acids is 1. The normalized spacial score (nSPS) is 22.8. The van der Waals surface area contributed by atoms with E-state index < -0.39 is 18.0 Å². The summed E-state index contributed by atoms with van der Waals surface area (Å²) < 4.78 is 0. The number of nitrogens with one attached hydrogen (secondary N) is 1. The SMILES string of the molecule is O=C/C=C1/C=C(C(=O)O)NC(C(=O)O)C1. The van der Waals surface area contributed by atoms with Crippen LogP contribution in [-0.2, 0) is 14.4 Å². The Kier molecular flexibility index (Phi) is 3.22. The molecule has 80 valence electrons. The molecule has 0 spiro atoms. The number of aliphatic carboxylic acids is 2. The van der Waals surface area contributed by atoms with E-state index in [2.05, 4.69) is 5.32 Å². The van der Waals surface area contributed by atoms with E-state index in [1.807, 2.05) is 0 Å². The minimum absolute atomic E-state index is 0.0881. The van der Waals surface area contributed by atoms with Crippen LogP contribution in [0.4, 0.5) is 0 Å². The molecule has 0 saturated carbocycles. The van der Waals surface area contributed by atoms with Crippen LogP contribution in [0.15, 0.2) is 23.4 Å². The minimum Gasteiger partial charge on any atom is -0.480 e. The molecule has 0 fully saturated rings. The van der Waals surface area contributed by atoms with Crippen LogP contribution in [0.5, 0.6) is 0 Å². The first kappa shape index (κ1) is 11.0. The first-order valence-corrected chi connectivity index (χ1v) is 4.13. The maximum absolute atomic E-state index is 10.7. The number of allylic oxidation sites excluding steroid dienone is 2. The van der Waals surface area contributed by atoms with Crippen molar-refractivity contribution in [3.8, 4) is 0 Å². The van der Waals surface area contributed by atoms with Crippen LogP contribution >= 0.6 is 0 Å². The van der Waals surface area contributed by atoms with E-state index in [4.69, 9.17) is 10.2 Å². The summed E-state index contributed by atoms with van der Waals surface area (Å²) in [6.07, 6.45) is 2.98. The second-order valence-electron chi connectivity index (χ2n) is 2.98. The third-order valence-corrected chi connectivity index (χ3v) is 1.91. The van der Waals surface area contributed by atoms with E-state index in [0.717, 1.165) is 6.08 Å². The number of carboxylic acid groups (broad SMARTS) is 2. The monoisotopic (exact) mass is 211 g/mol. The van der Waals surface area contributed by atoms with Crippen molar-refractivity contribution in [2.24, 2.45) is 0 Å². The van der Waals surface area contributed by atoms with Crippen molar-refractivity contribution in [3.63, 3.8) is 0 Å². The van der Waals surface area contributed by atoms with Gasteiger partial charge < -0.3 is 15.5 Å². The fourth-order valence-corrected chi connectivity index (χ4v) is 1.24. The molecule has 1 rings (SSSR count). The van der Waals surface area contributed by atoms with Crippen molar-refractivity contribution in [1.29, 1.82) is 0 Å². The first-order valence-electron chi connectivity index (χ1n) is 4.13. The predicted octanol–water partition coefficient (Wildman–Crippen LogP) is -0.473. The molecule has 0 aromatic carbocycles. The molecule has 6 heteroatoms.